The van der Waals surface area contributed by atoms with Crippen molar-refractivity contribution < 1.29 is 14.3 Å². The van der Waals surface area contributed by atoms with Crippen molar-refractivity contribution in [2.24, 2.45) is 13.0 Å². The minimum Gasteiger partial charge on any atom is -0.505 e. The predicted octanol–water partition coefficient (Wildman–Crippen LogP) is 4.09. The molecule has 4 radical (unpaired) electrons. The molecule has 0 saturated carbocycles. The van der Waals surface area contributed by atoms with E-state index in [0.717, 1.165) is 22.0 Å². The topological polar surface area (TPSA) is 82.5 Å². The zero-order valence-electron chi connectivity index (χ0n) is 21.9. The van der Waals surface area contributed by atoms with Crippen molar-refractivity contribution >= 4 is 43.5 Å². The molecule has 1 amide bonds. The van der Waals surface area contributed by atoms with E-state index in [2.05, 4.69) is 10.3 Å². The first-order chi connectivity index (χ1) is 16.0. The SMILES string of the molecule is [B]C([B])(Oc1ccc2c(c1)c(=O)n(C)c1c(C)nccc21)C(C)(CC(C)C)NC(=O)OC(C)(C)C. The molecule has 182 valence electrons. The average Bonchev–Trinajstić information content (AvgIpc) is 2.69. The first kappa shape index (κ1) is 26.6. The van der Waals surface area contributed by atoms with Crippen molar-refractivity contribution in [2.75, 3.05) is 0 Å². The van der Waals surface area contributed by atoms with Gasteiger partial charge in [-0.15, -0.1) is 0 Å². The Hall–Kier alpha value is -2.96. The van der Waals surface area contributed by atoms with E-state index in [1.54, 1.807) is 57.6 Å². The molecule has 9 heteroatoms. The summed E-state index contributed by atoms with van der Waals surface area (Å²) in [5, 5.41) is 3.15. The highest BCUT2D eigenvalue weighted by molar-refractivity contribution is 6.40. The van der Waals surface area contributed by atoms with Gasteiger partial charge in [-0.2, -0.15) is 0 Å². The quantitative estimate of drug-likeness (QED) is 0.431. The second-order valence-electron chi connectivity index (χ2n) is 10.8. The van der Waals surface area contributed by atoms with Crippen LogP contribution in [0, 0.1) is 12.8 Å². The molecular weight excluding hydrogens is 440 g/mol. The van der Waals surface area contributed by atoms with Crippen molar-refractivity contribution in [1.29, 1.82) is 0 Å². The van der Waals surface area contributed by atoms with Crippen LogP contribution in [0.3, 0.4) is 0 Å². The van der Waals surface area contributed by atoms with Gasteiger partial charge in [0.05, 0.1) is 22.1 Å². The Bertz CT molecular complexity index is 1330. The number of ether oxygens (including phenoxy) is 2. The van der Waals surface area contributed by atoms with Gasteiger partial charge >= 0.3 is 6.09 Å². The molecule has 1 unspecified atom stereocenters. The molecule has 35 heavy (non-hydrogen) atoms. The number of carbonyl (C=O) groups is 1. The van der Waals surface area contributed by atoms with E-state index in [0.29, 0.717) is 17.6 Å². The predicted molar refractivity (Wildman–Crippen MR) is 141 cm³/mol. The van der Waals surface area contributed by atoms with E-state index >= 15 is 0 Å². The molecule has 2 aromatic heterocycles. The maximum Gasteiger partial charge on any atom is 0.408 e. The number of aryl methyl sites for hydroxylation is 2. The Morgan fingerprint density at radius 1 is 1.11 bits per heavy atom. The summed E-state index contributed by atoms with van der Waals surface area (Å²) < 4.78 is 13.1. The van der Waals surface area contributed by atoms with Crippen molar-refractivity contribution in [3.63, 3.8) is 0 Å². The number of nitrogens with one attached hydrogen (secondary N) is 1. The summed E-state index contributed by atoms with van der Waals surface area (Å²) in [5.74, 6) is 0.447. The van der Waals surface area contributed by atoms with Crippen LogP contribution in [0.4, 0.5) is 4.79 Å². The molecule has 2 heterocycles. The largest absolute Gasteiger partial charge is 0.505 e. The fraction of sp³-hybridized carbons (Fsp3) is 0.500. The van der Waals surface area contributed by atoms with Gasteiger partial charge in [-0.1, -0.05) is 13.8 Å². The highest BCUT2D eigenvalue weighted by atomic mass is 16.6. The molecule has 1 aromatic carbocycles. The lowest BCUT2D eigenvalue weighted by Crippen LogP contribution is -2.67. The van der Waals surface area contributed by atoms with E-state index in [-0.39, 0.29) is 11.5 Å². The van der Waals surface area contributed by atoms with Gasteiger partial charge in [0.2, 0.25) is 0 Å². The minimum absolute atomic E-state index is 0.136. The third-order valence-corrected chi connectivity index (χ3v) is 6.00. The molecule has 0 aliphatic carbocycles. The number of hydrogen-bond donors (Lipinski definition) is 1. The molecule has 7 nitrogen and oxygen atoms in total. The number of amides is 1. The van der Waals surface area contributed by atoms with E-state index in [1.165, 1.54) is 0 Å². The summed E-state index contributed by atoms with van der Waals surface area (Å²) in [5.41, 5.74) is -0.521. The lowest BCUT2D eigenvalue weighted by Gasteiger charge is -2.47. The number of benzene rings is 1. The van der Waals surface area contributed by atoms with E-state index < -0.39 is 22.6 Å². The standard InChI is InChI=1S/C26H33B2N3O4/c1-15(2)14-25(7,30-23(33)35-24(4,5)6)26(27,28)34-17-9-10-18-19-11-12-29-16(3)21(19)31(8)22(32)20(18)13-17/h9-13,15H,14H2,1-8H3,(H,30,33). The Morgan fingerprint density at radius 2 is 1.77 bits per heavy atom. The zero-order valence-corrected chi connectivity index (χ0v) is 21.9. The van der Waals surface area contributed by atoms with Crippen LogP contribution in [0.5, 0.6) is 5.75 Å². The monoisotopic (exact) mass is 473 g/mol. The van der Waals surface area contributed by atoms with Crippen molar-refractivity contribution in [1.82, 2.24) is 14.9 Å². The Labute approximate surface area is 209 Å². The molecule has 0 saturated heterocycles. The van der Waals surface area contributed by atoms with Crippen LogP contribution < -0.4 is 15.6 Å². The zero-order chi connectivity index (χ0) is 26.3. The van der Waals surface area contributed by atoms with Gasteiger partial charge in [0.1, 0.15) is 27.0 Å². The lowest BCUT2D eigenvalue weighted by atomic mass is 9.53. The fourth-order valence-corrected chi connectivity index (χ4v) is 4.44. The molecule has 0 spiro atoms. The Morgan fingerprint density at radius 3 is 2.37 bits per heavy atom. The molecule has 0 aliphatic heterocycles. The average molecular weight is 473 g/mol. The highest BCUT2D eigenvalue weighted by Gasteiger charge is 2.44. The van der Waals surface area contributed by atoms with Crippen molar-refractivity contribution in [2.45, 2.75) is 71.4 Å². The number of hydrogen-bond acceptors (Lipinski definition) is 5. The lowest BCUT2D eigenvalue weighted by molar-refractivity contribution is 0.0325. The van der Waals surface area contributed by atoms with Crippen LogP contribution >= 0.6 is 0 Å². The van der Waals surface area contributed by atoms with Crippen LogP contribution in [0.25, 0.3) is 21.7 Å². The van der Waals surface area contributed by atoms with Gasteiger partial charge in [-0.3, -0.25) is 9.78 Å². The second-order valence-corrected chi connectivity index (χ2v) is 10.8. The minimum atomic E-state index is -1.82. The summed E-state index contributed by atoms with van der Waals surface area (Å²) in [6, 6.07) is 7.04. The highest BCUT2D eigenvalue weighted by Crippen LogP contribution is 2.32. The van der Waals surface area contributed by atoms with Crippen molar-refractivity contribution in [3.8, 4) is 5.75 Å². The van der Waals surface area contributed by atoms with Crippen LogP contribution in [-0.2, 0) is 11.8 Å². The summed E-state index contributed by atoms with van der Waals surface area (Å²) in [4.78, 5) is 30.1. The van der Waals surface area contributed by atoms with Crippen LogP contribution in [0.15, 0.2) is 35.3 Å². The summed E-state index contributed by atoms with van der Waals surface area (Å²) in [7, 11) is 14.7. The van der Waals surface area contributed by atoms with Gasteiger partial charge in [-0.05, 0) is 76.6 Å². The molecule has 1 N–H and O–H groups in total. The third-order valence-electron chi connectivity index (χ3n) is 6.00. The summed E-state index contributed by atoms with van der Waals surface area (Å²) in [6.45, 7) is 12.9. The van der Waals surface area contributed by atoms with E-state index in [1.807, 2.05) is 32.9 Å². The van der Waals surface area contributed by atoms with Gasteiger partial charge in [0.15, 0.2) is 0 Å². The second kappa shape index (κ2) is 9.25. The number of nitrogens with zero attached hydrogens (tertiary/aromatic N) is 2. The van der Waals surface area contributed by atoms with Crippen LogP contribution in [0.1, 0.15) is 53.7 Å². The van der Waals surface area contributed by atoms with Gasteiger partial charge in [0.25, 0.3) is 5.56 Å². The van der Waals surface area contributed by atoms with E-state index in [4.69, 9.17) is 25.2 Å². The normalized spacial score (nSPS) is 14.2. The van der Waals surface area contributed by atoms with Crippen LogP contribution in [0.2, 0.25) is 0 Å². The number of fused-ring (bicyclic) bond motifs is 3. The molecule has 3 aromatic rings. The van der Waals surface area contributed by atoms with Crippen molar-refractivity contribution in [3.05, 3.63) is 46.5 Å². The smallest absolute Gasteiger partial charge is 0.408 e. The number of carbonyl (C=O) groups excluding carboxylic acids is 1. The third kappa shape index (κ3) is 5.49. The van der Waals surface area contributed by atoms with E-state index in [9.17, 15) is 9.59 Å². The first-order valence-electron chi connectivity index (χ1n) is 11.7. The number of rotatable bonds is 6. The Balaban J connectivity index is 2.04. The first-order valence-corrected chi connectivity index (χ1v) is 11.7. The number of pyridine rings is 2. The molecule has 0 fully saturated rings. The van der Waals surface area contributed by atoms with Gasteiger partial charge in [-0.25, -0.2) is 4.79 Å². The molecule has 1 atom stereocenters. The molecule has 0 aliphatic rings. The Kier molecular flexibility index (Phi) is 7.04. The fourth-order valence-electron chi connectivity index (χ4n) is 4.44. The molecular formula is C26H33B2N3O4. The molecule has 0 bridgehead atoms. The van der Waals surface area contributed by atoms with Gasteiger partial charge in [0, 0.05) is 24.0 Å². The van der Waals surface area contributed by atoms with Gasteiger partial charge < -0.3 is 19.4 Å². The summed E-state index contributed by atoms with van der Waals surface area (Å²) in [6.07, 6.45) is 1.49. The maximum atomic E-state index is 13.2. The van der Waals surface area contributed by atoms with Crippen LogP contribution in [-0.4, -0.2) is 47.9 Å². The molecule has 3 rings (SSSR count). The number of aromatic nitrogens is 2. The summed E-state index contributed by atoms with van der Waals surface area (Å²) >= 11 is 0. The maximum absolute atomic E-state index is 13.2. The number of alkyl carbamates (subject to hydrolysis) is 1.